The number of anilines is 1. The van der Waals surface area contributed by atoms with Gasteiger partial charge in [-0.3, -0.25) is 9.59 Å². The lowest BCUT2D eigenvalue weighted by molar-refractivity contribution is -0.137. The van der Waals surface area contributed by atoms with Gasteiger partial charge in [-0.2, -0.15) is 0 Å². The zero-order valence-electron chi connectivity index (χ0n) is 14.1. The lowest BCUT2D eigenvalue weighted by Gasteiger charge is -2.07. The predicted molar refractivity (Wildman–Crippen MR) is 96.4 cm³/mol. The molecule has 0 atom stereocenters. The summed E-state index contributed by atoms with van der Waals surface area (Å²) in [5, 5.41) is 11.5. The van der Waals surface area contributed by atoms with Crippen LogP contribution in [-0.2, 0) is 27.4 Å². The van der Waals surface area contributed by atoms with Crippen LogP contribution in [0.15, 0.2) is 54.6 Å². The molecule has 0 aromatic heterocycles. The molecule has 2 aromatic rings. The fraction of sp³-hybridized carbons (Fsp3) is 0.300. The molecule has 132 valence electrons. The van der Waals surface area contributed by atoms with Gasteiger partial charge in [0.25, 0.3) is 0 Å². The lowest BCUT2D eigenvalue weighted by atomic mass is 10.1. The summed E-state index contributed by atoms with van der Waals surface area (Å²) >= 11 is 0. The summed E-state index contributed by atoms with van der Waals surface area (Å²) in [6.07, 6.45) is 1.65. The van der Waals surface area contributed by atoms with Crippen molar-refractivity contribution >= 4 is 17.6 Å². The van der Waals surface area contributed by atoms with Gasteiger partial charge in [-0.05, 0) is 36.1 Å². The molecule has 5 nitrogen and oxygen atoms in total. The highest BCUT2D eigenvalue weighted by molar-refractivity contribution is 5.90. The lowest BCUT2D eigenvalue weighted by Crippen LogP contribution is -2.12. The summed E-state index contributed by atoms with van der Waals surface area (Å²) in [5.74, 6) is -0.867. The van der Waals surface area contributed by atoms with Gasteiger partial charge in [0.15, 0.2) is 0 Å². The fourth-order valence-corrected chi connectivity index (χ4v) is 2.33. The Morgan fingerprint density at radius 1 is 0.920 bits per heavy atom. The van der Waals surface area contributed by atoms with E-state index in [1.807, 2.05) is 42.5 Å². The van der Waals surface area contributed by atoms with Crippen LogP contribution in [0.5, 0.6) is 0 Å². The third-order valence-electron chi connectivity index (χ3n) is 3.67. The van der Waals surface area contributed by atoms with Crippen molar-refractivity contribution in [3.8, 4) is 0 Å². The first-order valence-corrected chi connectivity index (χ1v) is 8.36. The van der Waals surface area contributed by atoms with E-state index in [0.717, 1.165) is 11.1 Å². The first kappa shape index (κ1) is 18.7. The molecule has 0 spiro atoms. The molecule has 0 aliphatic heterocycles. The minimum atomic E-state index is -0.813. The van der Waals surface area contributed by atoms with E-state index in [-0.39, 0.29) is 12.3 Å². The maximum absolute atomic E-state index is 11.9. The maximum Gasteiger partial charge on any atom is 0.303 e. The SMILES string of the molecule is O=C(O)CCc1ccc(NC(=O)CCCOCc2ccccc2)cc1. The van der Waals surface area contributed by atoms with Crippen LogP contribution in [0, 0.1) is 0 Å². The number of hydrogen-bond donors (Lipinski definition) is 2. The van der Waals surface area contributed by atoms with E-state index in [0.29, 0.717) is 38.2 Å². The minimum Gasteiger partial charge on any atom is -0.481 e. The number of carboxylic acids is 1. The molecule has 0 unspecified atom stereocenters. The number of nitrogens with one attached hydrogen (secondary N) is 1. The van der Waals surface area contributed by atoms with E-state index < -0.39 is 5.97 Å². The van der Waals surface area contributed by atoms with Gasteiger partial charge < -0.3 is 15.2 Å². The molecule has 0 heterocycles. The second-order valence-electron chi connectivity index (χ2n) is 5.78. The van der Waals surface area contributed by atoms with Crippen LogP contribution in [0.25, 0.3) is 0 Å². The van der Waals surface area contributed by atoms with Crippen molar-refractivity contribution in [1.82, 2.24) is 0 Å². The summed E-state index contributed by atoms with van der Waals surface area (Å²) in [5.41, 5.74) is 2.78. The molecule has 2 aromatic carbocycles. The van der Waals surface area contributed by atoms with E-state index in [1.54, 1.807) is 12.1 Å². The largest absolute Gasteiger partial charge is 0.481 e. The zero-order valence-corrected chi connectivity index (χ0v) is 14.1. The topological polar surface area (TPSA) is 75.6 Å². The average molecular weight is 341 g/mol. The molecule has 2 rings (SSSR count). The Hall–Kier alpha value is -2.66. The van der Waals surface area contributed by atoms with Crippen LogP contribution in [-0.4, -0.2) is 23.6 Å². The first-order chi connectivity index (χ1) is 12.1. The fourth-order valence-electron chi connectivity index (χ4n) is 2.33. The van der Waals surface area contributed by atoms with Crippen molar-refractivity contribution < 1.29 is 19.4 Å². The number of carboxylic acid groups (broad SMARTS) is 1. The van der Waals surface area contributed by atoms with E-state index >= 15 is 0 Å². The number of benzene rings is 2. The van der Waals surface area contributed by atoms with Crippen LogP contribution < -0.4 is 5.32 Å². The summed E-state index contributed by atoms with van der Waals surface area (Å²) in [4.78, 5) is 22.4. The molecule has 5 heteroatoms. The molecular formula is C20H23NO4. The third-order valence-corrected chi connectivity index (χ3v) is 3.67. The van der Waals surface area contributed by atoms with Gasteiger partial charge in [-0.1, -0.05) is 42.5 Å². The molecular weight excluding hydrogens is 318 g/mol. The van der Waals surface area contributed by atoms with Crippen molar-refractivity contribution in [2.75, 3.05) is 11.9 Å². The Bertz CT molecular complexity index is 668. The standard InChI is InChI=1S/C20H23NO4/c22-19(7-4-14-25-15-17-5-2-1-3-6-17)21-18-11-8-16(9-12-18)10-13-20(23)24/h1-3,5-6,8-9,11-12H,4,7,10,13-15H2,(H,21,22)(H,23,24). The van der Waals surface area contributed by atoms with Crippen LogP contribution >= 0.6 is 0 Å². The number of ether oxygens (including phenoxy) is 1. The normalized spacial score (nSPS) is 10.4. The number of hydrogen-bond acceptors (Lipinski definition) is 3. The monoisotopic (exact) mass is 341 g/mol. The number of carbonyl (C=O) groups is 2. The number of aliphatic carboxylic acids is 1. The Labute approximate surface area is 147 Å². The summed E-state index contributed by atoms with van der Waals surface area (Å²) in [6, 6.07) is 17.2. The smallest absolute Gasteiger partial charge is 0.303 e. The van der Waals surface area contributed by atoms with Crippen molar-refractivity contribution in [1.29, 1.82) is 0 Å². The minimum absolute atomic E-state index is 0.0541. The molecule has 0 aliphatic carbocycles. The van der Waals surface area contributed by atoms with Gasteiger partial charge in [-0.25, -0.2) is 0 Å². The van der Waals surface area contributed by atoms with Crippen molar-refractivity contribution in [2.45, 2.75) is 32.3 Å². The first-order valence-electron chi connectivity index (χ1n) is 8.36. The summed E-state index contributed by atoms with van der Waals surface area (Å²) in [6.45, 7) is 1.09. The zero-order chi connectivity index (χ0) is 17.9. The Kier molecular flexibility index (Phi) is 7.66. The highest BCUT2D eigenvalue weighted by Gasteiger charge is 2.04. The van der Waals surface area contributed by atoms with Gasteiger partial charge in [0, 0.05) is 25.1 Å². The maximum atomic E-state index is 11.9. The van der Waals surface area contributed by atoms with E-state index in [9.17, 15) is 9.59 Å². The second kappa shape index (κ2) is 10.3. The number of carbonyl (C=O) groups excluding carboxylic acids is 1. The van der Waals surface area contributed by atoms with E-state index in [4.69, 9.17) is 9.84 Å². The molecule has 0 saturated heterocycles. The highest BCUT2D eigenvalue weighted by atomic mass is 16.5. The quantitative estimate of drug-likeness (QED) is 0.647. The van der Waals surface area contributed by atoms with Crippen LogP contribution in [0.4, 0.5) is 5.69 Å². The molecule has 1 amide bonds. The van der Waals surface area contributed by atoms with Crippen molar-refractivity contribution in [2.24, 2.45) is 0 Å². The van der Waals surface area contributed by atoms with E-state index in [1.165, 1.54) is 0 Å². The van der Waals surface area contributed by atoms with Gasteiger partial charge in [0.2, 0.25) is 5.91 Å². The molecule has 0 saturated carbocycles. The van der Waals surface area contributed by atoms with Gasteiger partial charge in [0.05, 0.1) is 6.61 Å². The third kappa shape index (κ3) is 7.63. The summed E-state index contributed by atoms with van der Waals surface area (Å²) < 4.78 is 5.55. The predicted octanol–water partition coefficient (Wildman–Crippen LogP) is 3.64. The summed E-state index contributed by atoms with van der Waals surface area (Å²) in [7, 11) is 0. The number of aryl methyl sites for hydroxylation is 1. The van der Waals surface area contributed by atoms with Crippen LogP contribution in [0.2, 0.25) is 0 Å². The molecule has 0 bridgehead atoms. The number of rotatable bonds is 10. The Morgan fingerprint density at radius 3 is 2.32 bits per heavy atom. The second-order valence-corrected chi connectivity index (χ2v) is 5.78. The van der Waals surface area contributed by atoms with Crippen LogP contribution in [0.1, 0.15) is 30.4 Å². The van der Waals surface area contributed by atoms with Crippen molar-refractivity contribution in [3.63, 3.8) is 0 Å². The number of amides is 1. The molecule has 0 radical (unpaired) electrons. The van der Waals surface area contributed by atoms with Gasteiger partial charge in [-0.15, -0.1) is 0 Å². The Morgan fingerprint density at radius 2 is 1.64 bits per heavy atom. The molecule has 0 aliphatic rings. The van der Waals surface area contributed by atoms with E-state index in [2.05, 4.69) is 5.32 Å². The highest BCUT2D eigenvalue weighted by Crippen LogP contribution is 2.12. The van der Waals surface area contributed by atoms with Gasteiger partial charge >= 0.3 is 5.97 Å². The molecule has 0 fully saturated rings. The Balaban J connectivity index is 1.62. The van der Waals surface area contributed by atoms with Crippen molar-refractivity contribution in [3.05, 3.63) is 65.7 Å². The van der Waals surface area contributed by atoms with Crippen LogP contribution in [0.3, 0.4) is 0 Å². The molecule has 2 N–H and O–H groups in total. The average Bonchev–Trinajstić information content (AvgIpc) is 2.61. The molecule has 25 heavy (non-hydrogen) atoms. The van der Waals surface area contributed by atoms with Gasteiger partial charge in [0.1, 0.15) is 0 Å².